The molecule has 1 aromatic carbocycles. The van der Waals surface area contributed by atoms with Crippen LogP contribution in [0.5, 0.6) is 0 Å². The van der Waals surface area contributed by atoms with Crippen molar-refractivity contribution in [3.63, 3.8) is 0 Å². The molecule has 1 aliphatic rings. The van der Waals surface area contributed by atoms with Crippen molar-refractivity contribution < 1.29 is 4.79 Å². The molecule has 3 nitrogen and oxygen atoms in total. The Morgan fingerprint density at radius 3 is 2.28 bits per heavy atom. The normalized spacial score (nSPS) is 23.4. The van der Waals surface area contributed by atoms with E-state index in [1.807, 2.05) is 29.2 Å². The highest BCUT2D eigenvalue weighted by Crippen LogP contribution is 2.23. The molecule has 2 rings (SSSR count). The molecular formula is C15H22N2O. The quantitative estimate of drug-likeness (QED) is 0.885. The number of amides is 1. The summed E-state index contributed by atoms with van der Waals surface area (Å²) in [5.74, 6) is 1.36. The lowest BCUT2D eigenvalue weighted by Crippen LogP contribution is -2.28. The molecule has 1 saturated heterocycles. The van der Waals surface area contributed by atoms with Crippen molar-refractivity contribution in [2.75, 3.05) is 19.6 Å². The number of carbonyl (C=O) groups is 1. The summed E-state index contributed by atoms with van der Waals surface area (Å²) in [5, 5.41) is 0. The van der Waals surface area contributed by atoms with Crippen molar-refractivity contribution in [3.8, 4) is 0 Å². The first-order valence-electron chi connectivity index (χ1n) is 6.70. The highest BCUT2D eigenvalue weighted by atomic mass is 16.2. The summed E-state index contributed by atoms with van der Waals surface area (Å²) < 4.78 is 0. The second-order valence-corrected chi connectivity index (χ2v) is 5.40. The Morgan fingerprint density at radius 1 is 1.22 bits per heavy atom. The van der Waals surface area contributed by atoms with E-state index >= 15 is 0 Å². The highest BCUT2D eigenvalue weighted by molar-refractivity contribution is 5.94. The van der Waals surface area contributed by atoms with E-state index in [9.17, 15) is 4.79 Å². The van der Waals surface area contributed by atoms with Gasteiger partial charge in [-0.1, -0.05) is 26.0 Å². The van der Waals surface area contributed by atoms with Crippen LogP contribution in [0.25, 0.3) is 0 Å². The van der Waals surface area contributed by atoms with Crippen LogP contribution in [-0.2, 0) is 6.42 Å². The Bertz CT molecular complexity index is 403. The summed E-state index contributed by atoms with van der Waals surface area (Å²) >= 11 is 0. The van der Waals surface area contributed by atoms with Crippen LogP contribution in [0.3, 0.4) is 0 Å². The molecule has 1 fully saturated rings. The maximum atomic E-state index is 12.3. The zero-order valence-electron chi connectivity index (χ0n) is 11.2. The summed E-state index contributed by atoms with van der Waals surface area (Å²) in [5.41, 5.74) is 7.49. The van der Waals surface area contributed by atoms with E-state index in [-0.39, 0.29) is 5.91 Å². The average molecular weight is 246 g/mol. The number of rotatable bonds is 3. The number of hydrogen-bond acceptors (Lipinski definition) is 2. The van der Waals surface area contributed by atoms with Gasteiger partial charge in [-0.25, -0.2) is 0 Å². The number of benzene rings is 1. The fourth-order valence-corrected chi connectivity index (χ4v) is 2.46. The Kier molecular flexibility index (Phi) is 4.02. The van der Waals surface area contributed by atoms with Gasteiger partial charge in [0.2, 0.25) is 0 Å². The Morgan fingerprint density at radius 2 is 1.78 bits per heavy atom. The van der Waals surface area contributed by atoms with Crippen molar-refractivity contribution in [3.05, 3.63) is 35.4 Å². The monoisotopic (exact) mass is 246 g/mol. The van der Waals surface area contributed by atoms with E-state index < -0.39 is 0 Å². The van der Waals surface area contributed by atoms with Crippen LogP contribution in [0.4, 0.5) is 0 Å². The van der Waals surface area contributed by atoms with Crippen molar-refractivity contribution >= 4 is 5.91 Å². The molecule has 0 saturated carbocycles. The molecule has 0 spiro atoms. The standard InChI is InChI=1S/C15H22N2O/c1-11-9-17(10-12(11)2)15(18)14-5-3-13(4-6-14)7-8-16/h3-6,11-12H,7-10,16H2,1-2H3. The van der Waals surface area contributed by atoms with Crippen LogP contribution in [0.1, 0.15) is 29.8 Å². The molecule has 98 valence electrons. The second kappa shape index (κ2) is 5.53. The molecule has 3 heteroatoms. The number of likely N-dealkylation sites (tertiary alicyclic amines) is 1. The first-order chi connectivity index (χ1) is 8.61. The molecule has 18 heavy (non-hydrogen) atoms. The minimum Gasteiger partial charge on any atom is -0.338 e. The first-order valence-corrected chi connectivity index (χ1v) is 6.70. The van der Waals surface area contributed by atoms with E-state index in [1.54, 1.807) is 0 Å². The Labute approximate surface area is 109 Å². The minimum atomic E-state index is 0.158. The van der Waals surface area contributed by atoms with Crippen molar-refractivity contribution in [1.82, 2.24) is 4.90 Å². The molecule has 0 radical (unpaired) electrons. The van der Waals surface area contributed by atoms with Crippen molar-refractivity contribution in [1.29, 1.82) is 0 Å². The van der Waals surface area contributed by atoms with Gasteiger partial charge in [-0.15, -0.1) is 0 Å². The maximum absolute atomic E-state index is 12.3. The fourth-order valence-electron chi connectivity index (χ4n) is 2.46. The molecule has 2 N–H and O–H groups in total. The lowest BCUT2D eigenvalue weighted by atomic mass is 10.0. The summed E-state index contributed by atoms with van der Waals surface area (Å²) in [6.45, 7) is 6.83. The van der Waals surface area contributed by atoms with Crippen LogP contribution in [-0.4, -0.2) is 30.4 Å². The fraction of sp³-hybridized carbons (Fsp3) is 0.533. The molecule has 2 atom stereocenters. The Hall–Kier alpha value is -1.35. The highest BCUT2D eigenvalue weighted by Gasteiger charge is 2.29. The molecular weight excluding hydrogens is 224 g/mol. The number of nitrogens with zero attached hydrogens (tertiary/aromatic N) is 1. The van der Waals surface area contributed by atoms with Crippen LogP contribution in [0, 0.1) is 11.8 Å². The van der Waals surface area contributed by atoms with Gasteiger partial charge >= 0.3 is 0 Å². The molecule has 1 heterocycles. The van der Waals surface area contributed by atoms with E-state index in [0.29, 0.717) is 18.4 Å². The summed E-state index contributed by atoms with van der Waals surface area (Å²) in [7, 11) is 0. The van der Waals surface area contributed by atoms with Gasteiger partial charge in [0.15, 0.2) is 0 Å². The zero-order chi connectivity index (χ0) is 13.1. The molecule has 0 aromatic heterocycles. The summed E-state index contributed by atoms with van der Waals surface area (Å²) in [4.78, 5) is 14.3. The Balaban J connectivity index is 2.05. The van der Waals surface area contributed by atoms with Gasteiger partial charge in [-0.05, 0) is 42.5 Å². The van der Waals surface area contributed by atoms with Gasteiger partial charge in [-0.2, -0.15) is 0 Å². The number of hydrogen-bond donors (Lipinski definition) is 1. The topological polar surface area (TPSA) is 46.3 Å². The van der Waals surface area contributed by atoms with Crippen molar-refractivity contribution in [2.45, 2.75) is 20.3 Å². The summed E-state index contributed by atoms with van der Waals surface area (Å²) in [6.07, 6.45) is 0.867. The van der Waals surface area contributed by atoms with Crippen molar-refractivity contribution in [2.24, 2.45) is 17.6 Å². The number of nitrogens with two attached hydrogens (primary N) is 1. The van der Waals surface area contributed by atoms with E-state index in [2.05, 4.69) is 13.8 Å². The van der Waals surface area contributed by atoms with Crippen LogP contribution in [0.15, 0.2) is 24.3 Å². The maximum Gasteiger partial charge on any atom is 0.253 e. The third kappa shape index (κ3) is 2.72. The van der Waals surface area contributed by atoms with E-state index in [4.69, 9.17) is 5.73 Å². The minimum absolute atomic E-state index is 0.158. The van der Waals surface area contributed by atoms with Crippen LogP contribution >= 0.6 is 0 Å². The van der Waals surface area contributed by atoms with Crippen LogP contribution < -0.4 is 5.73 Å². The van der Waals surface area contributed by atoms with Gasteiger partial charge in [0.1, 0.15) is 0 Å². The number of carbonyl (C=O) groups excluding carboxylic acids is 1. The summed E-state index contributed by atoms with van der Waals surface area (Å²) in [6, 6.07) is 7.84. The van der Waals surface area contributed by atoms with E-state index in [0.717, 1.165) is 25.1 Å². The second-order valence-electron chi connectivity index (χ2n) is 5.40. The third-order valence-electron chi connectivity index (χ3n) is 3.91. The van der Waals surface area contributed by atoms with Gasteiger partial charge < -0.3 is 10.6 Å². The molecule has 0 aliphatic carbocycles. The van der Waals surface area contributed by atoms with Crippen LogP contribution in [0.2, 0.25) is 0 Å². The molecule has 0 bridgehead atoms. The zero-order valence-corrected chi connectivity index (χ0v) is 11.2. The smallest absolute Gasteiger partial charge is 0.253 e. The lowest BCUT2D eigenvalue weighted by molar-refractivity contribution is 0.0785. The van der Waals surface area contributed by atoms with Gasteiger partial charge in [-0.3, -0.25) is 4.79 Å². The van der Waals surface area contributed by atoms with Gasteiger partial charge in [0.25, 0.3) is 5.91 Å². The first kappa shape index (κ1) is 13.1. The van der Waals surface area contributed by atoms with Gasteiger partial charge in [0, 0.05) is 18.7 Å². The lowest BCUT2D eigenvalue weighted by Gasteiger charge is -2.16. The largest absolute Gasteiger partial charge is 0.338 e. The average Bonchev–Trinajstić information content (AvgIpc) is 2.70. The van der Waals surface area contributed by atoms with E-state index in [1.165, 1.54) is 5.56 Å². The molecule has 1 aliphatic heterocycles. The molecule has 1 amide bonds. The SMILES string of the molecule is CC1CN(C(=O)c2ccc(CCN)cc2)CC1C. The molecule has 2 unspecified atom stereocenters. The predicted molar refractivity (Wildman–Crippen MR) is 73.4 cm³/mol. The molecule has 1 aromatic rings. The predicted octanol–water partition coefficient (Wildman–Crippen LogP) is 1.92. The van der Waals surface area contributed by atoms with Gasteiger partial charge in [0.05, 0.1) is 0 Å². The third-order valence-corrected chi connectivity index (χ3v) is 3.91.